The van der Waals surface area contributed by atoms with Crippen LogP contribution in [-0.2, 0) is 0 Å². The molecule has 0 radical (unpaired) electrons. The maximum atomic E-state index is 4.34. The summed E-state index contributed by atoms with van der Waals surface area (Å²) in [7, 11) is 1.85. The summed E-state index contributed by atoms with van der Waals surface area (Å²) in [6.07, 6.45) is 3.62. The third-order valence-electron chi connectivity index (χ3n) is 4.32. The van der Waals surface area contributed by atoms with Gasteiger partial charge >= 0.3 is 0 Å². The fraction of sp³-hybridized carbons (Fsp3) is 0.944. The normalized spacial score (nSPS) is 13.1. The molecule has 146 valence electrons. The van der Waals surface area contributed by atoms with Gasteiger partial charge in [-0.05, 0) is 58.9 Å². The number of aliphatic imine (C=N–C) groups is 1. The molecule has 0 bridgehead atoms. The lowest BCUT2D eigenvalue weighted by atomic mass is 10.2. The van der Waals surface area contributed by atoms with Crippen LogP contribution in [0, 0.1) is 0 Å². The zero-order chi connectivity index (χ0) is 17.5. The van der Waals surface area contributed by atoms with Crippen LogP contribution in [0.25, 0.3) is 0 Å². The molecule has 24 heavy (non-hydrogen) atoms. The maximum absolute atomic E-state index is 4.34. The maximum Gasteiger partial charge on any atom is 0.191 e. The van der Waals surface area contributed by atoms with Crippen molar-refractivity contribution in [3.05, 3.63) is 0 Å². The van der Waals surface area contributed by atoms with Crippen LogP contribution >= 0.6 is 24.0 Å². The van der Waals surface area contributed by atoms with Gasteiger partial charge in [0.2, 0.25) is 0 Å². The van der Waals surface area contributed by atoms with Gasteiger partial charge in [0, 0.05) is 26.2 Å². The van der Waals surface area contributed by atoms with E-state index in [1.165, 1.54) is 32.4 Å². The fourth-order valence-electron chi connectivity index (χ4n) is 2.74. The Morgan fingerprint density at radius 1 is 0.958 bits per heavy atom. The average Bonchev–Trinajstić information content (AvgIpc) is 2.56. The summed E-state index contributed by atoms with van der Waals surface area (Å²) >= 11 is 0. The van der Waals surface area contributed by atoms with Crippen LogP contribution in [0.2, 0.25) is 0 Å². The van der Waals surface area contributed by atoms with E-state index in [1.807, 2.05) is 7.05 Å². The molecule has 0 aromatic carbocycles. The lowest BCUT2D eigenvalue weighted by Gasteiger charge is -2.23. The summed E-state index contributed by atoms with van der Waals surface area (Å²) in [5.74, 6) is 0.924. The molecule has 0 heterocycles. The van der Waals surface area contributed by atoms with Gasteiger partial charge in [-0.25, -0.2) is 0 Å². The van der Waals surface area contributed by atoms with Crippen LogP contribution in [0.4, 0.5) is 0 Å². The van der Waals surface area contributed by atoms with Crippen molar-refractivity contribution in [1.82, 2.24) is 20.4 Å². The number of nitrogens with zero attached hydrogens (tertiary/aromatic N) is 3. The largest absolute Gasteiger partial charge is 0.355 e. The summed E-state index contributed by atoms with van der Waals surface area (Å²) in [5.41, 5.74) is 0. The Kier molecular flexibility index (Phi) is 19.3. The van der Waals surface area contributed by atoms with Crippen molar-refractivity contribution >= 4 is 29.9 Å². The minimum Gasteiger partial charge on any atom is -0.355 e. The standard InChI is InChI=1S/C18H41N5.HI/c1-7-14-23(10-4)16-13-20-18(19-6)21-17(5)12-11-15-22(8-2)9-3;/h17H,7-16H2,1-6H3,(H2,19,20,21);1H. The van der Waals surface area contributed by atoms with E-state index in [0.29, 0.717) is 6.04 Å². The Labute approximate surface area is 168 Å². The van der Waals surface area contributed by atoms with Crippen molar-refractivity contribution in [3.63, 3.8) is 0 Å². The first-order chi connectivity index (χ1) is 11.1. The molecule has 0 fully saturated rings. The van der Waals surface area contributed by atoms with Gasteiger partial charge in [0.05, 0.1) is 0 Å². The first kappa shape index (κ1) is 26.2. The van der Waals surface area contributed by atoms with Crippen LogP contribution in [0.1, 0.15) is 53.9 Å². The molecule has 0 aliphatic heterocycles. The van der Waals surface area contributed by atoms with Crippen molar-refractivity contribution in [2.75, 3.05) is 52.9 Å². The highest BCUT2D eigenvalue weighted by atomic mass is 127. The number of halogens is 1. The third-order valence-corrected chi connectivity index (χ3v) is 4.32. The molecule has 2 N–H and O–H groups in total. The minimum atomic E-state index is 0. The van der Waals surface area contributed by atoms with Crippen LogP contribution in [0.3, 0.4) is 0 Å². The van der Waals surface area contributed by atoms with E-state index in [4.69, 9.17) is 0 Å². The summed E-state index contributed by atoms with van der Waals surface area (Å²) < 4.78 is 0. The number of nitrogens with one attached hydrogen (secondary N) is 2. The van der Waals surface area contributed by atoms with Crippen molar-refractivity contribution in [1.29, 1.82) is 0 Å². The number of likely N-dealkylation sites (N-methyl/N-ethyl adjacent to an activating group) is 1. The van der Waals surface area contributed by atoms with Gasteiger partial charge < -0.3 is 20.4 Å². The molecule has 0 spiro atoms. The molecule has 6 heteroatoms. The van der Waals surface area contributed by atoms with Crippen molar-refractivity contribution < 1.29 is 0 Å². The lowest BCUT2D eigenvalue weighted by molar-refractivity contribution is 0.290. The Hall–Kier alpha value is -0.0800. The predicted molar refractivity (Wildman–Crippen MR) is 119 cm³/mol. The second-order valence-corrected chi connectivity index (χ2v) is 6.15. The molecule has 0 aromatic heterocycles. The second-order valence-electron chi connectivity index (χ2n) is 6.15. The van der Waals surface area contributed by atoms with Gasteiger partial charge in [-0.1, -0.05) is 27.7 Å². The van der Waals surface area contributed by atoms with E-state index in [-0.39, 0.29) is 24.0 Å². The zero-order valence-corrected chi connectivity index (χ0v) is 19.2. The Balaban J connectivity index is 0. The highest BCUT2D eigenvalue weighted by molar-refractivity contribution is 14.0. The third kappa shape index (κ3) is 13.2. The molecule has 0 saturated heterocycles. The van der Waals surface area contributed by atoms with Crippen LogP contribution in [-0.4, -0.2) is 74.7 Å². The van der Waals surface area contributed by atoms with Crippen molar-refractivity contribution in [2.45, 2.75) is 59.9 Å². The Bertz CT molecular complexity index is 295. The molecular weight excluding hydrogens is 413 g/mol. The van der Waals surface area contributed by atoms with Gasteiger partial charge in [-0.3, -0.25) is 4.99 Å². The van der Waals surface area contributed by atoms with Crippen LogP contribution in [0.15, 0.2) is 4.99 Å². The van der Waals surface area contributed by atoms with Crippen LogP contribution < -0.4 is 10.6 Å². The number of hydrogen-bond donors (Lipinski definition) is 2. The predicted octanol–water partition coefficient (Wildman–Crippen LogP) is 3.01. The molecule has 0 aromatic rings. The smallest absolute Gasteiger partial charge is 0.191 e. The average molecular weight is 455 g/mol. The lowest BCUT2D eigenvalue weighted by Crippen LogP contribution is -2.45. The topological polar surface area (TPSA) is 42.9 Å². The summed E-state index contributed by atoms with van der Waals surface area (Å²) in [6.45, 7) is 18.9. The van der Waals surface area contributed by atoms with E-state index in [2.05, 4.69) is 60.0 Å². The van der Waals surface area contributed by atoms with E-state index in [1.54, 1.807) is 0 Å². The molecule has 1 atom stereocenters. The molecule has 0 amide bonds. The minimum absolute atomic E-state index is 0. The van der Waals surface area contributed by atoms with E-state index >= 15 is 0 Å². The van der Waals surface area contributed by atoms with Crippen molar-refractivity contribution in [3.8, 4) is 0 Å². The van der Waals surface area contributed by atoms with Gasteiger partial charge in [0.15, 0.2) is 5.96 Å². The SMILES string of the molecule is CCCN(CC)CCNC(=NC)NC(C)CCCN(CC)CC.I. The second kappa shape index (κ2) is 17.7. The van der Waals surface area contributed by atoms with E-state index < -0.39 is 0 Å². The van der Waals surface area contributed by atoms with Gasteiger partial charge in [0.1, 0.15) is 0 Å². The van der Waals surface area contributed by atoms with Gasteiger partial charge in [0.25, 0.3) is 0 Å². The molecule has 5 nitrogen and oxygen atoms in total. The number of guanidine groups is 1. The van der Waals surface area contributed by atoms with Gasteiger partial charge in [-0.2, -0.15) is 0 Å². The fourth-order valence-corrected chi connectivity index (χ4v) is 2.74. The monoisotopic (exact) mass is 455 g/mol. The molecule has 1 unspecified atom stereocenters. The Morgan fingerprint density at radius 3 is 2.08 bits per heavy atom. The van der Waals surface area contributed by atoms with Crippen LogP contribution in [0.5, 0.6) is 0 Å². The van der Waals surface area contributed by atoms with Gasteiger partial charge in [-0.15, -0.1) is 24.0 Å². The molecule has 0 aliphatic carbocycles. The first-order valence-electron chi connectivity index (χ1n) is 9.52. The highest BCUT2D eigenvalue weighted by Crippen LogP contribution is 1.99. The van der Waals surface area contributed by atoms with Crippen molar-refractivity contribution in [2.24, 2.45) is 4.99 Å². The summed E-state index contributed by atoms with van der Waals surface area (Å²) in [4.78, 5) is 9.28. The number of rotatable bonds is 13. The molecule has 0 rings (SSSR count). The number of hydrogen-bond acceptors (Lipinski definition) is 3. The van der Waals surface area contributed by atoms with E-state index in [0.717, 1.165) is 38.7 Å². The molecular formula is C18H42IN5. The Morgan fingerprint density at radius 2 is 1.58 bits per heavy atom. The summed E-state index contributed by atoms with van der Waals surface area (Å²) in [5, 5.41) is 6.93. The molecule has 0 saturated carbocycles. The quantitative estimate of drug-likeness (QED) is 0.255. The summed E-state index contributed by atoms with van der Waals surface area (Å²) in [6, 6.07) is 0.453. The molecule has 0 aliphatic rings. The highest BCUT2D eigenvalue weighted by Gasteiger charge is 2.07. The first-order valence-corrected chi connectivity index (χ1v) is 9.52. The van der Waals surface area contributed by atoms with E-state index in [9.17, 15) is 0 Å². The zero-order valence-electron chi connectivity index (χ0n) is 16.9.